The predicted octanol–water partition coefficient (Wildman–Crippen LogP) is 0.189. The van der Waals surface area contributed by atoms with Gasteiger partial charge < -0.3 is 15.0 Å². The van der Waals surface area contributed by atoms with Crippen molar-refractivity contribution >= 4 is 11.6 Å². The SMILES string of the molecule is C[C@@H]1C[NH+](CC(=O)Nc2cccc(C#N)c2)C[C@@H](C)O1. The van der Waals surface area contributed by atoms with E-state index in [0.717, 1.165) is 13.1 Å². The third-order valence-corrected chi connectivity index (χ3v) is 3.30. The number of amides is 1. The maximum absolute atomic E-state index is 12.0. The maximum Gasteiger partial charge on any atom is 0.279 e. The van der Waals surface area contributed by atoms with Crippen molar-refractivity contribution in [2.75, 3.05) is 25.0 Å². The molecule has 2 N–H and O–H groups in total. The van der Waals surface area contributed by atoms with Gasteiger partial charge in [0.1, 0.15) is 25.3 Å². The summed E-state index contributed by atoms with van der Waals surface area (Å²) < 4.78 is 5.66. The molecule has 1 amide bonds. The van der Waals surface area contributed by atoms with Gasteiger partial charge in [-0.1, -0.05) is 6.07 Å². The third-order valence-electron chi connectivity index (χ3n) is 3.30. The van der Waals surface area contributed by atoms with Crippen LogP contribution in [0.25, 0.3) is 0 Å². The van der Waals surface area contributed by atoms with Gasteiger partial charge in [-0.15, -0.1) is 0 Å². The molecule has 1 heterocycles. The smallest absolute Gasteiger partial charge is 0.279 e. The van der Waals surface area contributed by atoms with Crippen LogP contribution in [0.2, 0.25) is 0 Å². The molecule has 0 aliphatic carbocycles. The van der Waals surface area contributed by atoms with E-state index in [0.29, 0.717) is 17.8 Å². The quantitative estimate of drug-likeness (QED) is 0.827. The highest BCUT2D eigenvalue weighted by Crippen LogP contribution is 2.09. The van der Waals surface area contributed by atoms with Crippen LogP contribution < -0.4 is 10.2 Å². The average Bonchev–Trinajstić information content (AvgIpc) is 2.37. The predicted molar refractivity (Wildman–Crippen MR) is 75.4 cm³/mol. The Labute approximate surface area is 119 Å². The first-order valence-electron chi connectivity index (χ1n) is 6.86. The van der Waals surface area contributed by atoms with Crippen molar-refractivity contribution in [1.82, 2.24) is 0 Å². The lowest BCUT2D eigenvalue weighted by atomic mass is 10.2. The molecule has 1 aromatic rings. The van der Waals surface area contributed by atoms with E-state index in [-0.39, 0.29) is 18.1 Å². The molecule has 1 aromatic carbocycles. The lowest BCUT2D eigenvalue weighted by molar-refractivity contribution is -0.907. The van der Waals surface area contributed by atoms with E-state index in [1.165, 1.54) is 4.90 Å². The highest BCUT2D eigenvalue weighted by Gasteiger charge is 2.27. The molecule has 5 heteroatoms. The van der Waals surface area contributed by atoms with Crippen LogP contribution in [0.1, 0.15) is 19.4 Å². The molecular weight excluding hydrogens is 254 g/mol. The van der Waals surface area contributed by atoms with Gasteiger partial charge in [-0.2, -0.15) is 5.26 Å². The van der Waals surface area contributed by atoms with Crippen molar-refractivity contribution in [2.45, 2.75) is 26.1 Å². The van der Waals surface area contributed by atoms with Crippen molar-refractivity contribution in [3.63, 3.8) is 0 Å². The van der Waals surface area contributed by atoms with Crippen molar-refractivity contribution in [2.24, 2.45) is 0 Å². The monoisotopic (exact) mass is 274 g/mol. The largest absolute Gasteiger partial charge is 0.364 e. The van der Waals surface area contributed by atoms with Gasteiger partial charge >= 0.3 is 0 Å². The molecule has 0 saturated carbocycles. The van der Waals surface area contributed by atoms with Crippen molar-refractivity contribution < 1.29 is 14.4 Å². The van der Waals surface area contributed by atoms with Crippen LogP contribution in [-0.2, 0) is 9.53 Å². The Morgan fingerprint density at radius 2 is 2.15 bits per heavy atom. The van der Waals surface area contributed by atoms with Crippen LogP contribution in [0.15, 0.2) is 24.3 Å². The summed E-state index contributed by atoms with van der Waals surface area (Å²) in [5.41, 5.74) is 1.21. The van der Waals surface area contributed by atoms with Crippen LogP contribution in [0, 0.1) is 11.3 Å². The minimum atomic E-state index is -0.0311. The van der Waals surface area contributed by atoms with Crippen molar-refractivity contribution in [1.29, 1.82) is 5.26 Å². The first-order valence-corrected chi connectivity index (χ1v) is 6.86. The molecule has 0 aromatic heterocycles. The molecule has 106 valence electrons. The van der Waals surface area contributed by atoms with E-state index >= 15 is 0 Å². The van der Waals surface area contributed by atoms with Crippen LogP contribution in [0.5, 0.6) is 0 Å². The van der Waals surface area contributed by atoms with E-state index in [4.69, 9.17) is 10.00 Å². The number of hydrogen-bond acceptors (Lipinski definition) is 3. The van der Waals surface area contributed by atoms with Gasteiger partial charge in [-0.05, 0) is 32.0 Å². The molecule has 1 fully saturated rings. The number of nitrogens with zero attached hydrogens (tertiary/aromatic N) is 1. The number of nitriles is 1. The molecule has 2 atom stereocenters. The minimum absolute atomic E-state index is 0.0311. The summed E-state index contributed by atoms with van der Waals surface area (Å²) in [6.07, 6.45) is 0.368. The van der Waals surface area contributed by atoms with Gasteiger partial charge in [0.05, 0.1) is 11.6 Å². The topological polar surface area (TPSA) is 66.6 Å². The Hall–Kier alpha value is -1.90. The van der Waals surface area contributed by atoms with Crippen molar-refractivity contribution in [3.8, 4) is 6.07 Å². The Balaban J connectivity index is 1.90. The zero-order valence-electron chi connectivity index (χ0n) is 11.8. The molecule has 1 saturated heterocycles. The normalized spacial score (nSPS) is 25.8. The summed E-state index contributed by atoms with van der Waals surface area (Å²) >= 11 is 0. The van der Waals surface area contributed by atoms with Crippen LogP contribution in [0.4, 0.5) is 5.69 Å². The molecule has 0 unspecified atom stereocenters. The Morgan fingerprint density at radius 1 is 1.45 bits per heavy atom. The van der Waals surface area contributed by atoms with Gasteiger partial charge in [0, 0.05) is 5.69 Å². The minimum Gasteiger partial charge on any atom is -0.364 e. The number of anilines is 1. The lowest BCUT2D eigenvalue weighted by Gasteiger charge is -2.31. The first kappa shape index (κ1) is 14.5. The highest BCUT2D eigenvalue weighted by molar-refractivity contribution is 5.91. The molecule has 1 aliphatic rings. The van der Waals surface area contributed by atoms with Crippen LogP contribution >= 0.6 is 0 Å². The second-order valence-electron chi connectivity index (χ2n) is 5.33. The summed E-state index contributed by atoms with van der Waals surface area (Å²) in [5, 5.41) is 11.7. The molecule has 0 spiro atoms. The summed E-state index contributed by atoms with van der Waals surface area (Å²) in [6, 6.07) is 9.01. The van der Waals surface area contributed by atoms with Gasteiger partial charge in [-0.25, -0.2) is 0 Å². The van der Waals surface area contributed by atoms with E-state index in [2.05, 4.69) is 11.4 Å². The summed E-state index contributed by atoms with van der Waals surface area (Å²) in [7, 11) is 0. The first-order chi connectivity index (χ1) is 9.56. The molecule has 5 nitrogen and oxygen atoms in total. The average molecular weight is 274 g/mol. The molecular formula is C15H20N3O2+. The van der Waals surface area contributed by atoms with Gasteiger partial charge in [0.2, 0.25) is 0 Å². The summed E-state index contributed by atoms with van der Waals surface area (Å²) in [4.78, 5) is 13.3. The number of quaternary nitrogens is 1. The molecule has 1 aliphatic heterocycles. The fourth-order valence-corrected chi connectivity index (χ4v) is 2.63. The van der Waals surface area contributed by atoms with Crippen LogP contribution in [0.3, 0.4) is 0 Å². The second-order valence-corrected chi connectivity index (χ2v) is 5.33. The summed E-state index contributed by atoms with van der Waals surface area (Å²) in [6.45, 7) is 6.18. The number of carbonyl (C=O) groups excluding carboxylic acids is 1. The number of ether oxygens (including phenoxy) is 1. The lowest BCUT2D eigenvalue weighted by Crippen LogP contribution is -3.16. The van der Waals surface area contributed by atoms with E-state index in [1.807, 2.05) is 13.8 Å². The number of benzene rings is 1. The molecule has 0 radical (unpaired) electrons. The highest BCUT2D eigenvalue weighted by atomic mass is 16.5. The van der Waals surface area contributed by atoms with Gasteiger partial charge in [-0.3, -0.25) is 4.79 Å². The number of rotatable bonds is 3. The maximum atomic E-state index is 12.0. The fourth-order valence-electron chi connectivity index (χ4n) is 2.63. The Morgan fingerprint density at radius 3 is 2.80 bits per heavy atom. The van der Waals surface area contributed by atoms with Gasteiger partial charge in [0.25, 0.3) is 5.91 Å². The number of morpholine rings is 1. The molecule has 0 bridgehead atoms. The number of nitrogens with one attached hydrogen (secondary N) is 2. The van der Waals surface area contributed by atoms with E-state index in [1.54, 1.807) is 24.3 Å². The Kier molecular flexibility index (Phi) is 4.72. The molecule has 20 heavy (non-hydrogen) atoms. The zero-order chi connectivity index (χ0) is 14.5. The second kappa shape index (κ2) is 6.51. The standard InChI is InChI=1S/C15H19N3O2/c1-11-8-18(9-12(2)20-11)10-15(19)17-14-5-3-4-13(6-14)7-16/h3-6,11-12H,8-10H2,1-2H3,(H,17,19)/p+1/t11-,12-/m1/s1. The number of hydrogen-bond donors (Lipinski definition) is 2. The van der Waals surface area contributed by atoms with Gasteiger partial charge in [0.15, 0.2) is 6.54 Å². The molecule has 2 rings (SSSR count). The van der Waals surface area contributed by atoms with Crippen molar-refractivity contribution in [3.05, 3.63) is 29.8 Å². The Bertz CT molecular complexity index is 514. The van der Waals surface area contributed by atoms with Crippen LogP contribution in [-0.4, -0.2) is 37.7 Å². The van der Waals surface area contributed by atoms with E-state index < -0.39 is 0 Å². The fraction of sp³-hybridized carbons (Fsp3) is 0.467. The van der Waals surface area contributed by atoms with E-state index in [9.17, 15) is 4.79 Å². The number of carbonyl (C=O) groups is 1. The zero-order valence-corrected chi connectivity index (χ0v) is 11.8. The summed E-state index contributed by atoms with van der Waals surface area (Å²) in [5.74, 6) is -0.0311. The third kappa shape index (κ3) is 4.05.